The molecule has 0 bridgehead atoms. The molecule has 82 valence electrons. The third-order valence-electron chi connectivity index (χ3n) is 2.35. The lowest BCUT2D eigenvalue weighted by molar-refractivity contribution is 0.215. The van der Waals surface area contributed by atoms with E-state index in [0.717, 1.165) is 5.56 Å². The summed E-state index contributed by atoms with van der Waals surface area (Å²) >= 11 is 0. The second-order valence-electron chi connectivity index (χ2n) is 3.72. The van der Waals surface area contributed by atoms with Crippen molar-refractivity contribution >= 4 is 0 Å². The standard InChI is InChI=1S/C13H12FNO/c1-9-6-10(8-11(14)7-9)13(16)12-4-2-3-5-15-12/h2-8,13,16H,1H3. The summed E-state index contributed by atoms with van der Waals surface area (Å²) in [6.45, 7) is 1.79. The summed E-state index contributed by atoms with van der Waals surface area (Å²) in [4.78, 5) is 4.04. The van der Waals surface area contributed by atoms with Crippen molar-refractivity contribution in [2.24, 2.45) is 0 Å². The SMILES string of the molecule is Cc1cc(F)cc(C(O)c2ccccn2)c1. The average molecular weight is 217 g/mol. The Bertz CT molecular complexity index is 464. The van der Waals surface area contributed by atoms with Crippen LogP contribution in [-0.4, -0.2) is 10.1 Å². The van der Waals surface area contributed by atoms with Gasteiger partial charge in [0.25, 0.3) is 0 Å². The van der Waals surface area contributed by atoms with Crippen LogP contribution in [0.25, 0.3) is 0 Å². The normalized spacial score (nSPS) is 12.4. The van der Waals surface area contributed by atoms with Crippen LogP contribution >= 0.6 is 0 Å². The molecule has 2 rings (SSSR count). The van der Waals surface area contributed by atoms with E-state index in [9.17, 15) is 9.50 Å². The van der Waals surface area contributed by atoms with Gasteiger partial charge < -0.3 is 5.11 Å². The second kappa shape index (κ2) is 4.41. The topological polar surface area (TPSA) is 33.1 Å². The quantitative estimate of drug-likeness (QED) is 0.838. The van der Waals surface area contributed by atoms with Crippen LogP contribution in [-0.2, 0) is 0 Å². The van der Waals surface area contributed by atoms with Gasteiger partial charge in [0.2, 0.25) is 0 Å². The van der Waals surface area contributed by atoms with Crippen molar-refractivity contribution in [3.8, 4) is 0 Å². The van der Waals surface area contributed by atoms with Crippen LogP contribution in [0.5, 0.6) is 0 Å². The third-order valence-corrected chi connectivity index (χ3v) is 2.35. The van der Waals surface area contributed by atoms with E-state index < -0.39 is 6.10 Å². The minimum absolute atomic E-state index is 0.343. The third kappa shape index (κ3) is 2.25. The minimum atomic E-state index is -0.879. The number of benzene rings is 1. The number of rotatable bonds is 2. The Kier molecular flexibility index (Phi) is 2.97. The van der Waals surface area contributed by atoms with Gasteiger partial charge in [-0.05, 0) is 42.3 Å². The highest BCUT2D eigenvalue weighted by Crippen LogP contribution is 2.21. The molecule has 0 amide bonds. The Morgan fingerprint density at radius 1 is 1.25 bits per heavy atom. The first kappa shape index (κ1) is 10.8. The molecule has 1 unspecified atom stereocenters. The van der Waals surface area contributed by atoms with Crippen LogP contribution in [0.2, 0.25) is 0 Å². The number of pyridine rings is 1. The van der Waals surface area contributed by atoms with Crippen molar-refractivity contribution in [1.82, 2.24) is 4.98 Å². The van der Waals surface area contributed by atoms with E-state index in [1.54, 1.807) is 37.4 Å². The maximum atomic E-state index is 13.2. The highest BCUT2D eigenvalue weighted by atomic mass is 19.1. The predicted octanol–water partition coefficient (Wildman–Crippen LogP) is 2.61. The van der Waals surface area contributed by atoms with Gasteiger partial charge in [-0.1, -0.05) is 12.1 Å². The molecule has 0 fully saturated rings. The van der Waals surface area contributed by atoms with E-state index in [-0.39, 0.29) is 5.82 Å². The molecule has 2 aromatic rings. The molecule has 16 heavy (non-hydrogen) atoms. The fourth-order valence-electron chi connectivity index (χ4n) is 1.63. The number of aromatic nitrogens is 1. The van der Waals surface area contributed by atoms with Crippen LogP contribution < -0.4 is 0 Å². The van der Waals surface area contributed by atoms with Crippen LogP contribution in [0.4, 0.5) is 4.39 Å². The molecule has 1 N–H and O–H groups in total. The fraction of sp³-hybridized carbons (Fsp3) is 0.154. The lowest BCUT2D eigenvalue weighted by Crippen LogP contribution is -2.02. The van der Waals surface area contributed by atoms with Crippen molar-refractivity contribution < 1.29 is 9.50 Å². The van der Waals surface area contributed by atoms with Crippen molar-refractivity contribution in [3.63, 3.8) is 0 Å². The van der Waals surface area contributed by atoms with Crippen molar-refractivity contribution in [1.29, 1.82) is 0 Å². The number of aliphatic hydroxyl groups excluding tert-OH is 1. The number of aliphatic hydroxyl groups is 1. The Balaban J connectivity index is 2.37. The summed E-state index contributed by atoms with van der Waals surface area (Å²) in [5.41, 5.74) is 1.83. The molecule has 0 saturated carbocycles. The molecule has 3 heteroatoms. The van der Waals surface area contributed by atoms with Crippen molar-refractivity contribution in [2.75, 3.05) is 0 Å². The fourth-order valence-corrected chi connectivity index (χ4v) is 1.63. The molecule has 0 aliphatic rings. The molecule has 1 atom stereocenters. The first-order chi connectivity index (χ1) is 7.66. The van der Waals surface area contributed by atoms with Gasteiger partial charge in [-0.15, -0.1) is 0 Å². The number of aryl methyl sites for hydroxylation is 1. The second-order valence-corrected chi connectivity index (χ2v) is 3.72. The lowest BCUT2D eigenvalue weighted by atomic mass is 10.0. The van der Waals surface area contributed by atoms with Gasteiger partial charge in [-0.25, -0.2) is 4.39 Å². The Morgan fingerprint density at radius 2 is 2.06 bits per heavy atom. The zero-order chi connectivity index (χ0) is 11.5. The molecular weight excluding hydrogens is 205 g/mol. The molecule has 0 saturated heterocycles. The molecule has 0 aliphatic carbocycles. The van der Waals surface area contributed by atoms with Gasteiger partial charge in [0.1, 0.15) is 11.9 Å². The molecule has 2 nitrogen and oxygen atoms in total. The molecule has 1 heterocycles. The molecule has 0 radical (unpaired) electrons. The van der Waals surface area contributed by atoms with E-state index >= 15 is 0 Å². The summed E-state index contributed by atoms with van der Waals surface area (Å²) in [6, 6.07) is 9.78. The first-order valence-corrected chi connectivity index (χ1v) is 5.03. The van der Waals surface area contributed by atoms with Crippen molar-refractivity contribution in [3.05, 3.63) is 65.2 Å². The predicted molar refractivity (Wildman–Crippen MR) is 59.4 cm³/mol. The maximum absolute atomic E-state index is 13.2. The highest BCUT2D eigenvalue weighted by molar-refractivity contribution is 5.30. The van der Waals surface area contributed by atoms with Gasteiger partial charge in [0, 0.05) is 6.20 Å². The Morgan fingerprint density at radius 3 is 2.69 bits per heavy atom. The molecular formula is C13H12FNO. The summed E-state index contributed by atoms with van der Waals surface area (Å²) in [7, 11) is 0. The van der Waals surface area contributed by atoms with E-state index in [0.29, 0.717) is 11.3 Å². The Hall–Kier alpha value is -1.74. The smallest absolute Gasteiger partial charge is 0.123 e. The van der Waals surface area contributed by atoms with E-state index in [1.165, 1.54) is 12.1 Å². The van der Waals surface area contributed by atoms with Gasteiger partial charge in [0.15, 0.2) is 0 Å². The lowest BCUT2D eigenvalue weighted by Gasteiger charge is -2.11. The molecule has 1 aromatic heterocycles. The number of hydrogen-bond acceptors (Lipinski definition) is 2. The van der Waals surface area contributed by atoms with Gasteiger partial charge in [-0.3, -0.25) is 4.98 Å². The van der Waals surface area contributed by atoms with E-state index in [4.69, 9.17) is 0 Å². The van der Waals surface area contributed by atoms with Crippen LogP contribution in [0.1, 0.15) is 22.9 Å². The van der Waals surface area contributed by atoms with E-state index in [2.05, 4.69) is 4.98 Å². The molecule has 0 spiro atoms. The Labute approximate surface area is 93.4 Å². The zero-order valence-electron chi connectivity index (χ0n) is 8.89. The summed E-state index contributed by atoms with van der Waals surface area (Å²) in [5, 5.41) is 10.0. The largest absolute Gasteiger partial charge is 0.382 e. The van der Waals surface area contributed by atoms with Gasteiger partial charge in [0.05, 0.1) is 5.69 Å². The summed E-state index contributed by atoms with van der Waals surface area (Å²) in [5.74, 6) is -0.343. The van der Waals surface area contributed by atoms with Gasteiger partial charge in [-0.2, -0.15) is 0 Å². The molecule has 0 aliphatic heterocycles. The van der Waals surface area contributed by atoms with Crippen molar-refractivity contribution in [2.45, 2.75) is 13.0 Å². The minimum Gasteiger partial charge on any atom is -0.382 e. The van der Waals surface area contributed by atoms with Crippen LogP contribution in [0.3, 0.4) is 0 Å². The number of nitrogens with zero attached hydrogens (tertiary/aromatic N) is 1. The number of halogens is 1. The monoisotopic (exact) mass is 217 g/mol. The summed E-state index contributed by atoms with van der Waals surface area (Å²) in [6.07, 6.45) is 0.723. The first-order valence-electron chi connectivity index (χ1n) is 5.03. The summed E-state index contributed by atoms with van der Waals surface area (Å²) < 4.78 is 13.2. The maximum Gasteiger partial charge on any atom is 0.123 e. The molecule has 1 aromatic carbocycles. The average Bonchev–Trinajstić information content (AvgIpc) is 2.28. The van der Waals surface area contributed by atoms with Crippen LogP contribution in [0, 0.1) is 12.7 Å². The van der Waals surface area contributed by atoms with E-state index in [1.807, 2.05) is 0 Å². The highest BCUT2D eigenvalue weighted by Gasteiger charge is 2.12. The number of hydrogen-bond donors (Lipinski definition) is 1. The van der Waals surface area contributed by atoms with Crippen LogP contribution in [0.15, 0.2) is 42.6 Å². The zero-order valence-corrected chi connectivity index (χ0v) is 8.89. The van der Waals surface area contributed by atoms with Gasteiger partial charge >= 0.3 is 0 Å².